The van der Waals surface area contributed by atoms with E-state index < -0.39 is 10.0 Å². The van der Waals surface area contributed by atoms with Gasteiger partial charge in [-0.15, -0.1) is 11.3 Å². The highest BCUT2D eigenvalue weighted by Gasteiger charge is 2.36. The maximum atomic E-state index is 12.8. The van der Waals surface area contributed by atoms with E-state index in [1.165, 1.54) is 14.7 Å². The summed E-state index contributed by atoms with van der Waals surface area (Å²) in [5, 5.41) is 2.58. The first-order chi connectivity index (χ1) is 12.4. The van der Waals surface area contributed by atoms with Gasteiger partial charge >= 0.3 is 0 Å². The van der Waals surface area contributed by atoms with Crippen LogP contribution in [0.3, 0.4) is 0 Å². The fourth-order valence-corrected chi connectivity index (χ4v) is 5.94. The van der Waals surface area contributed by atoms with E-state index in [-0.39, 0.29) is 17.0 Å². The van der Waals surface area contributed by atoms with Crippen LogP contribution in [0.4, 0.5) is 0 Å². The molecule has 26 heavy (non-hydrogen) atoms. The van der Waals surface area contributed by atoms with Gasteiger partial charge in [-0.2, -0.15) is 0 Å². The van der Waals surface area contributed by atoms with Crippen molar-refractivity contribution in [2.75, 3.05) is 33.2 Å². The summed E-state index contributed by atoms with van der Waals surface area (Å²) in [6.45, 7) is 6.26. The molecular formula is C18H26ClN3O2S2+2. The summed E-state index contributed by atoms with van der Waals surface area (Å²) < 4.78 is 28.5. The van der Waals surface area contributed by atoms with Gasteiger partial charge in [0.25, 0.3) is 0 Å². The van der Waals surface area contributed by atoms with E-state index in [9.17, 15) is 8.42 Å². The first kappa shape index (κ1) is 19.8. The summed E-state index contributed by atoms with van der Waals surface area (Å²) in [7, 11) is -1.37. The van der Waals surface area contributed by atoms with Gasteiger partial charge in [0.15, 0.2) is 0 Å². The third kappa shape index (κ3) is 4.65. The number of hydrogen-bond donors (Lipinski definition) is 3. The molecule has 1 saturated heterocycles. The van der Waals surface area contributed by atoms with E-state index in [0.717, 1.165) is 26.2 Å². The van der Waals surface area contributed by atoms with E-state index in [1.54, 1.807) is 35.6 Å². The molecule has 2 aromatic rings. The zero-order valence-corrected chi connectivity index (χ0v) is 17.4. The predicted molar refractivity (Wildman–Crippen MR) is 106 cm³/mol. The maximum absolute atomic E-state index is 12.8. The van der Waals surface area contributed by atoms with E-state index in [0.29, 0.717) is 5.02 Å². The minimum absolute atomic E-state index is 0.116. The molecule has 2 heterocycles. The summed E-state index contributed by atoms with van der Waals surface area (Å²) in [4.78, 5) is 4.46. The molecule has 0 amide bonds. The van der Waals surface area contributed by atoms with Crippen LogP contribution in [0.2, 0.25) is 5.02 Å². The normalized spacial score (nSPS) is 23.5. The first-order valence-corrected chi connectivity index (χ1v) is 11.6. The molecule has 3 rings (SSSR count). The van der Waals surface area contributed by atoms with Gasteiger partial charge in [0.1, 0.15) is 32.2 Å². The highest BCUT2D eigenvalue weighted by atomic mass is 35.5. The molecule has 0 aliphatic carbocycles. The SMILES string of the molecule is C[C@H](NS(=O)(=O)c1ccc(Cl)cc1)[C@H](c1cccs1)[NH+]1CC[NH+](C)CC1. The Balaban J connectivity index is 1.81. The van der Waals surface area contributed by atoms with Crippen molar-refractivity contribution in [1.82, 2.24) is 4.72 Å². The maximum Gasteiger partial charge on any atom is 0.241 e. The van der Waals surface area contributed by atoms with Crippen molar-refractivity contribution in [3.63, 3.8) is 0 Å². The molecule has 142 valence electrons. The van der Waals surface area contributed by atoms with Crippen molar-refractivity contribution < 1.29 is 18.2 Å². The molecule has 1 fully saturated rings. The number of piperazine rings is 1. The van der Waals surface area contributed by atoms with Gasteiger partial charge in [-0.05, 0) is 42.6 Å². The fourth-order valence-electron chi connectivity index (χ4n) is 3.57. The Morgan fingerprint density at radius 1 is 1.12 bits per heavy atom. The van der Waals surface area contributed by atoms with Crippen molar-refractivity contribution in [3.05, 3.63) is 51.7 Å². The summed E-state index contributed by atoms with van der Waals surface area (Å²) in [5.41, 5.74) is 0. The summed E-state index contributed by atoms with van der Waals surface area (Å²) >= 11 is 7.58. The summed E-state index contributed by atoms with van der Waals surface area (Å²) in [5.74, 6) is 0. The molecule has 0 bridgehead atoms. The van der Waals surface area contributed by atoms with Crippen LogP contribution in [0.25, 0.3) is 0 Å². The van der Waals surface area contributed by atoms with Crippen molar-refractivity contribution in [2.45, 2.75) is 23.9 Å². The number of thiophene rings is 1. The molecule has 1 aromatic heterocycles. The number of quaternary nitrogens is 2. The molecule has 1 aliphatic heterocycles. The molecule has 0 unspecified atom stereocenters. The van der Waals surface area contributed by atoms with Crippen molar-refractivity contribution in [3.8, 4) is 0 Å². The molecular weight excluding hydrogens is 390 g/mol. The highest BCUT2D eigenvalue weighted by Crippen LogP contribution is 2.22. The molecule has 5 nitrogen and oxygen atoms in total. The Morgan fingerprint density at radius 3 is 2.35 bits per heavy atom. The second-order valence-corrected chi connectivity index (χ2v) is 10.1. The number of sulfonamides is 1. The van der Waals surface area contributed by atoms with Gasteiger partial charge in [0.2, 0.25) is 10.0 Å². The quantitative estimate of drug-likeness (QED) is 0.632. The van der Waals surface area contributed by atoms with Gasteiger partial charge in [-0.3, -0.25) is 0 Å². The van der Waals surface area contributed by atoms with Crippen LogP contribution in [-0.2, 0) is 10.0 Å². The van der Waals surface area contributed by atoms with Crippen molar-refractivity contribution >= 4 is 33.0 Å². The van der Waals surface area contributed by atoms with E-state index in [2.05, 4.69) is 23.2 Å². The van der Waals surface area contributed by atoms with Crippen molar-refractivity contribution in [1.29, 1.82) is 0 Å². The number of hydrogen-bond acceptors (Lipinski definition) is 3. The average molecular weight is 416 g/mol. The average Bonchev–Trinajstić information content (AvgIpc) is 3.11. The molecule has 1 aliphatic rings. The van der Waals surface area contributed by atoms with Crippen LogP contribution in [0, 0.1) is 0 Å². The Kier molecular flexibility index (Phi) is 6.37. The lowest BCUT2D eigenvalue weighted by molar-refractivity contribution is -1.02. The van der Waals surface area contributed by atoms with Gasteiger partial charge in [-0.1, -0.05) is 17.7 Å². The van der Waals surface area contributed by atoms with Crippen LogP contribution in [0.5, 0.6) is 0 Å². The molecule has 8 heteroatoms. The van der Waals surface area contributed by atoms with Crippen molar-refractivity contribution in [2.24, 2.45) is 0 Å². The van der Waals surface area contributed by atoms with Crippen LogP contribution < -0.4 is 14.5 Å². The Morgan fingerprint density at radius 2 is 1.77 bits per heavy atom. The second-order valence-electron chi connectivity index (χ2n) is 6.97. The zero-order valence-electron chi connectivity index (χ0n) is 15.0. The van der Waals surface area contributed by atoms with E-state index >= 15 is 0 Å². The van der Waals surface area contributed by atoms with Gasteiger partial charge < -0.3 is 9.80 Å². The van der Waals surface area contributed by atoms with E-state index in [4.69, 9.17) is 11.6 Å². The van der Waals surface area contributed by atoms with Gasteiger partial charge in [0.05, 0.1) is 22.9 Å². The number of rotatable bonds is 6. The lowest BCUT2D eigenvalue weighted by Gasteiger charge is -2.35. The first-order valence-electron chi connectivity index (χ1n) is 8.84. The largest absolute Gasteiger partial charge is 0.328 e. The van der Waals surface area contributed by atoms with Gasteiger partial charge in [0, 0.05) is 5.02 Å². The molecule has 3 N–H and O–H groups in total. The molecule has 0 saturated carbocycles. The minimum atomic E-state index is -3.58. The highest BCUT2D eigenvalue weighted by molar-refractivity contribution is 7.89. The van der Waals surface area contributed by atoms with Crippen LogP contribution in [-0.4, -0.2) is 47.7 Å². The number of nitrogens with one attached hydrogen (secondary N) is 3. The van der Waals surface area contributed by atoms with Crippen LogP contribution in [0.15, 0.2) is 46.7 Å². The minimum Gasteiger partial charge on any atom is -0.328 e. The van der Waals surface area contributed by atoms with Crippen LogP contribution in [0.1, 0.15) is 17.8 Å². The lowest BCUT2D eigenvalue weighted by atomic mass is 10.1. The topological polar surface area (TPSA) is 55.0 Å². The molecule has 0 spiro atoms. The molecule has 0 radical (unpaired) electrons. The van der Waals surface area contributed by atoms with Crippen LogP contribution >= 0.6 is 22.9 Å². The zero-order chi connectivity index (χ0) is 18.7. The fraction of sp³-hybridized carbons (Fsp3) is 0.444. The monoisotopic (exact) mass is 415 g/mol. The smallest absolute Gasteiger partial charge is 0.241 e. The third-order valence-electron chi connectivity index (χ3n) is 5.00. The van der Waals surface area contributed by atoms with E-state index in [1.807, 2.05) is 13.0 Å². The summed E-state index contributed by atoms with van der Waals surface area (Å²) in [6, 6.07) is 10.4. The molecule has 1 aromatic carbocycles. The second kappa shape index (κ2) is 8.37. The standard InChI is InChI=1S/C18H24ClN3O2S2/c1-14(20-26(23,24)16-7-5-15(19)6-8-16)18(17-4-3-13-25-17)22-11-9-21(2)10-12-22/h3-8,13-14,18,20H,9-12H2,1-2H3/p+2/t14-,18+/m0/s1. The number of halogens is 1. The Bertz CT molecular complexity index is 801. The lowest BCUT2D eigenvalue weighted by Crippen LogP contribution is -3.27. The molecule has 2 atom stereocenters. The Hall–Kier alpha value is -0.960. The number of benzene rings is 1. The number of likely N-dealkylation sites (N-methyl/N-ethyl adjacent to an activating group) is 1. The Labute approximate surface area is 164 Å². The third-order valence-corrected chi connectivity index (χ3v) is 7.78. The predicted octanol–water partition coefficient (Wildman–Crippen LogP) is 0.223. The summed E-state index contributed by atoms with van der Waals surface area (Å²) in [6.07, 6.45) is 0. The van der Waals surface area contributed by atoms with Gasteiger partial charge in [-0.25, -0.2) is 13.1 Å².